The van der Waals surface area contributed by atoms with Crippen molar-refractivity contribution < 1.29 is 17.9 Å². The predicted octanol–water partition coefficient (Wildman–Crippen LogP) is 2.87. The molecule has 0 heterocycles. The molecule has 86 valence electrons. The molecule has 0 spiro atoms. The van der Waals surface area contributed by atoms with E-state index in [2.05, 4.69) is 4.74 Å². The Bertz CT molecular complexity index is 320. The summed E-state index contributed by atoms with van der Waals surface area (Å²) in [6.07, 6.45) is 0. The predicted molar refractivity (Wildman–Crippen MR) is 52.9 cm³/mol. The Morgan fingerprint density at radius 3 is 2.40 bits per heavy atom. The molecule has 0 aliphatic carbocycles. The van der Waals surface area contributed by atoms with Crippen molar-refractivity contribution in [3.8, 4) is 5.75 Å². The average molecular weight is 242 g/mol. The van der Waals surface area contributed by atoms with E-state index in [1.165, 1.54) is 12.1 Å². The maximum absolute atomic E-state index is 13.3. The Balaban J connectivity index is 0.00000196. The Hall–Kier alpha value is -0.940. The first-order valence-electron chi connectivity index (χ1n) is 4.01. The van der Waals surface area contributed by atoms with Gasteiger partial charge in [0.05, 0.1) is 0 Å². The zero-order valence-electron chi connectivity index (χ0n) is 7.91. The van der Waals surface area contributed by atoms with E-state index in [9.17, 15) is 13.2 Å². The molecule has 0 saturated carbocycles. The topological polar surface area (TPSA) is 35.2 Å². The third-order valence-corrected chi connectivity index (χ3v) is 1.70. The number of nitrogens with two attached hydrogens (primary N) is 1. The second kappa shape index (κ2) is 5.82. The number of alkyl halides is 2. The zero-order chi connectivity index (χ0) is 10.7. The van der Waals surface area contributed by atoms with Crippen LogP contribution in [0.2, 0.25) is 0 Å². The Kier molecular flexibility index (Phi) is 5.46. The van der Waals surface area contributed by atoms with Crippen LogP contribution < -0.4 is 10.5 Å². The van der Waals surface area contributed by atoms with Gasteiger partial charge in [0.1, 0.15) is 0 Å². The summed E-state index contributed by atoms with van der Waals surface area (Å²) in [5, 5.41) is 0. The third kappa shape index (κ3) is 3.60. The Morgan fingerprint density at radius 1 is 1.33 bits per heavy atom. The molecule has 0 radical (unpaired) electrons. The molecule has 0 fully saturated rings. The molecule has 1 rings (SSSR count). The number of halogens is 4. The van der Waals surface area contributed by atoms with Gasteiger partial charge >= 0.3 is 6.61 Å². The molecule has 0 saturated heterocycles. The van der Waals surface area contributed by atoms with Gasteiger partial charge in [-0.2, -0.15) is 8.78 Å². The molecule has 2 N–H and O–H groups in total. The van der Waals surface area contributed by atoms with Crippen molar-refractivity contribution in [2.24, 2.45) is 5.73 Å². The van der Waals surface area contributed by atoms with Gasteiger partial charge in [-0.3, -0.25) is 0 Å². The molecule has 0 aliphatic heterocycles. The highest BCUT2D eigenvalue weighted by atomic mass is 35.5. The molecule has 0 aliphatic rings. The second-order valence-electron chi connectivity index (χ2n) is 2.83. The molecule has 0 unspecified atom stereocenters. The number of ether oxygens (including phenoxy) is 1. The van der Waals surface area contributed by atoms with Gasteiger partial charge in [0, 0.05) is 11.6 Å². The molecular formula is C9H11ClF3NO. The van der Waals surface area contributed by atoms with Crippen LogP contribution in [0.1, 0.15) is 18.5 Å². The van der Waals surface area contributed by atoms with E-state index in [1.807, 2.05) is 0 Å². The summed E-state index contributed by atoms with van der Waals surface area (Å²) >= 11 is 0. The zero-order valence-corrected chi connectivity index (χ0v) is 8.73. The summed E-state index contributed by atoms with van der Waals surface area (Å²) in [5.74, 6) is -1.31. The van der Waals surface area contributed by atoms with Crippen molar-refractivity contribution in [2.45, 2.75) is 19.6 Å². The van der Waals surface area contributed by atoms with Gasteiger partial charge in [-0.15, -0.1) is 12.4 Å². The molecular weight excluding hydrogens is 231 g/mol. The quantitative estimate of drug-likeness (QED) is 0.883. The van der Waals surface area contributed by atoms with Crippen molar-refractivity contribution >= 4 is 12.4 Å². The number of rotatable bonds is 3. The van der Waals surface area contributed by atoms with Gasteiger partial charge in [0.15, 0.2) is 11.6 Å². The largest absolute Gasteiger partial charge is 0.432 e. The normalized spacial score (nSPS) is 12.1. The van der Waals surface area contributed by atoms with Gasteiger partial charge in [-0.1, -0.05) is 12.1 Å². The van der Waals surface area contributed by atoms with Crippen LogP contribution in [0, 0.1) is 5.82 Å². The second-order valence-corrected chi connectivity index (χ2v) is 2.83. The van der Waals surface area contributed by atoms with Gasteiger partial charge in [-0.05, 0) is 13.0 Å². The number of benzene rings is 1. The molecule has 0 bridgehead atoms. The highest BCUT2D eigenvalue weighted by molar-refractivity contribution is 5.85. The van der Waals surface area contributed by atoms with E-state index in [-0.39, 0.29) is 18.0 Å². The number of hydrogen-bond donors (Lipinski definition) is 1. The van der Waals surface area contributed by atoms with E-state index >= 15 is 0 Å². The van der Waals surface area contributed by atoms with Crippen LogP contribution in [0.15, 0.2) is 18.2 Å². The van der Waals surface area contributed by atoms with Crippen molar-refractivity contribution in [3.63, 3.8) is 0 Å². The molecule has 1 aromatic rings. The lowest BCUT2D eigenvalue weighted by molar-refractivity contribution is -0.0522. The van der Waals surface area contributed by atoms with E-state index in [4.69, 9.17) is 5.73 Å². The first kappa shape index (κ1) is 14.1. The van der Waals surface area contributed by atoms with Crippen LogP contribution in [0.25, 0.3) is 0 Å². The minimum absolute atomic E-state index is 0. The summed E-state index contributed by atoms with van der Waals surface area (Å²) in [6, 6.07) is 3.42. The Labute approximate surface area is 91.6 Å². The van der Waals surface area contributed by atoms with Crippen LogP contribution in [0.3, 0.4) is 0 Å². The van der Waals surface area contributed by atoms with Gasteiger partial charge < -0.3 is 10.5 Å². The molecule has 15 heavy (non-hydrogen) atoms. The molecule has 1 atom stereocenters. The summed E-state index contributed by atoms with van der Waals surface area (Å²) in [7, 11) is 0. The maximum atomic E-state index is 13.3. The fourth-order valence-corrected chi connectivity index (χ4v) is 1.07. The third-order valence-electron chi connectivity index (χ3n) is 1.70. The standard InChI is InChI=1S/C9H10F3NO.ClH/c1-5(13)6-3-2-4-7(8(6)10)14-9(11)12;/h2-5,9H,13H2,1H3;1H/t5-;/m1./s1. The van der Waals surface area contributed by atoms with Crippen LogP contribution >= 0.6 is 12.4 Å². The smallest absolute Gasteiger partial charge is 0.387 e. The fraction of sp³-hybridized carbons (Fsp3) is 0.333. The first-order valence-corrected chi connectivity index (χ1v) is 4.01. The van der Waals surface area contributed by atoms with Gasteiger partial charge in [0.2, 0.25) is 0 Å². The van der Waals surface area contributed by atoms with Crippen LogP contribution in [0.4, 0.5) is 13.2 Å². The van der Waals surface area contributed by atoms with Crippen molar-refractivity contribution in [1.29, 1.82) is 0 Å². The summed E-state index contributed by atoms with van der Waals surface area (Å²) in [4.78, 5) is 0. The lowest BCUT2D eigenvalue weighted by atomic mass is 10.1. The highest BCUT2D eigenvalue weighted by Gasteiger charge is 2.14. The van der Waals surface area contributed by atoms with Gasteiger partial charge in [0.25, 0.3) is 0 Å². The summed E-state index contributed by atoms with van der Waals surface area (Å²) in [6.45, 7) is -1.47. The van der Waals surface area contributed by atoms with E-state index in [1.54, 1.807) is 6.92 Å². The van der Waals surface area contributed by atoms with Crippen molar-refractivity contribution in [1.82, 2.24) is 0 Å². The van der Waals surface area contributed by atoms with Crippen LogP contribution in [-0.2, 0) is 0 Å². The van der Waals surface area contributed by atoms with E-state index < -0.39 is 24.2 Å². The van der Waals surface area contributed by atoms with Crippen molar-refractivity contribution in [3.05, 3.63) is 29.6 Å². The van der Waals surface area contributed by atoms with Crippen molar-refractivity contribution in [2.75, 3.05) is 0 Å². The number of hydrogen-bond acceptors (Lipinski definition) is 2. The molecule has 2 nitrogen and oxygen atoms in total. The van der Waals surface area contributed by atoms with Crippen LogP contribution in [0.5, 0.6) is 5.75 Å². The highest BCUT2D eigenvalue weighted by Crippen LogP contribution is 2.25. The van der Waals surface area contributed by atoms with E-state index in [0.717, 1.165) is 6.07 Å². The monoisotopic (exact) mass is 241 g/mol. The first-order chi connectivity index (χ1) is 6.52. The average Bonchev–Trinajstić information content (AvgIpc) is 2.07. The SMILES string of the molecule is C[C@@H](N)c1cccc(OC(F)F)c1F.Cl. The lowest BCUT2D eigenvalue weighted by Crippen LogP contribution is -2.10. The minimum Gasteiger partial charge on any atom is -0.432 e. The molecule has 6 heteroatoms. The fourth-order valence-electron chi connectivity index (χ4n) is 1.07. The summed E-state index contributed by atoms with van der Waals surface area (Å²) < 4.78 is 40.9. The maximum Gasteiger partial charge on any atom is 0.387 e. The Morgan fingerprint density at radius 2 is 1.93 bits per heavy atom. The van der Waals surface area contributed by atoms with E-state index in [0.29, 0.717) is 0 Å². The molecule has 1 aromatic carbocycles. The summed E-state index contributed by atoms with van der Waals surface area (Å²) in [5.41, 5.74) is 5.59. The molecule has 0 amide bonds. The van der Waals surface area contributed by atoms with Crippen LogP contribution in [-0.4, -0.2) is 6.61 Å². The molecule has 0 aromatic heterocycles. The lowest BCUT2D eigenvalue weighted by Gasteiger charge is -2.11. The minimum atomic E-state index is -3.03. The van der Waals surface area contributed by atoms with Gasteiger partial charge in [-0.25, -0.2) is 4.39 Å².